The minimum absolute atomic E-state index is 0.0147. The Morgan fingerprint density at radius 1 is 0.489 bits per heavy atom. The van der Waals surface area contributed by atoms with Crippen molar-refractivity contribution in [2.24, 2.45) is 0 Å². The molecule has 1 aliphatic heterocycles. The predicted molar refractivity (Wildman–Crippen MR) is 314 cm³/mol. The lowest BCUT2D eigenvalue weighted by atomic mass is 9.68. The molecule has 21 heteroatoms. The second-order valence-corrected chi connectivity index (χ2v) is 22.7. The third kappa shape index (κ3) is 14.8. The summed E-state index contributed by atoms with van der Waals surface area (Å²) in [5, 5.41) is 0. The van der Waals surface area contributed by atoms with E-state index in [4.69, 9.17) is 14.0 Å². The van der Waals surface area contributed by atoms with Crippen LogP contribution in [0.15, 0.2) is 97.1 Å². The summed E-state index contributed by atoms with van der Waals surface area (Å²) in [6, 6.07) is 29.8. The topological polar surface area (TPSA) is 81.7 Å². The maximum atomic E-state index is 13.7. The molecule has 8 nitrogen and oxygen atoms in total. The molecule has 0 saturated carbocycles. The van der Waals surface area contributed by atoms with Crippen molar-refractivity contribution < 1.29 is 90.5 Å². The Morgan fingerprint density at radius 3 is 1.16 bits per heavy atom. The molecule has 0 atom stereocenters. The first-order valence-electron chi connectivity index (χ1n) is 28.4. The molecule has 6 rings (SSSR count). The van der Waals surface area contributed by atoms with Crippen molar-refractivity contribution in [2.45, 2.75) is 173 Å². The summed E-state index contributed by atoms with van der Waals surface area (Å²) in [6.45, 7) is 20.8. The first-order chi connectivity index (χ1) is 40.8. The number of hydrogen-bond donors (Lipinski definition) is 0. The number of aryl methyl sites for hydroxylation is 4. The van der Waals surface area contributed by atoms with Crippen LogP contribution in [0, 0.1) is 51.4 Å². The van der Waals surface area contributed by atoms with Gasteiger partial charge in [-0.1, -0.05) is 130 Å². The van der Waals surface area contributed by atoms with Crippen LogP contribution in [0.2, 0.25) is 0 Å². The van der Waals surface area contributed by atoms with Crippen LogP contribution in [-0.4, -0.2) is 95.1 Å². The molecule has 478 valence electrons. The molecule has 0 bridgehead atoms. The van der Waals surface area contributed by atoms with Gasteiger partial charge in [0.25, 0.3) is 0 Å². The molecule has 1 fully saturated rings. The smallest absolute Gasteiger partial charge is 0.469 e. The van der Waals surface area contributed by atoms with Crippen LogP contribution in [0.4, 0.5) is 52.7 Å². The van der Waals surface area contributed by atoms with Gasteiger partial charge in [-0.15, -0.1) is 0 Å². The fourth-order valence-electron chi connectivity index (χ4n) is 10.8. The van der Waals surface area contributed by atoms with E-state index in [-0.39, 0.29) is 23.5 Å². The standard InChI is InChI=1S/C35H36F6O4.C32H39BF6O4/c1-7-32(8-2,29-15-16-30(24(4)20-29)27-11-9-25(10-12-27)21-31(42)44-6)28-14-13-26(23(3)19-28)17-18-33(34(36,37)38,35(39,40)41)45-22-43-5;1-10-29(11-2,25-14-15-26(22(4)19-25)33-42-27(5,6)28(7,8)43-33)24-13-12-23(21(3)18-24)16-17-30(31(34,35)36,32(37,38)39)41-20-40-9/h9-16,19-20H,7-8,21-22H2,1-6H3;12-15,18-19H,10-11,20H2,1-9H3. The maximum Gasteiger partial charge on any atom is 0.495 e. The zero-order valence-electron chi connectivity index (χ0n) is 52.1. The summed E-state index contributed by atoms with van der Waals surface area (Å²) >= 11 is 0. The van der Waals surface area contributed by atoms with Crippen molar-refractivity contribution in [1.82, 2.24) is 0 Å². The van der Waals surface area contributed by atoms with Crippen molar-refractivity contribution in [1.29, 1.82) is 0 Å². The first-order valence-corrected chi connectivity index (χ1v) is 28.4. The lowest BCUT2D eigenvalue weighted by molar-refractivity contribution is -0.368. The van der Waals surface area contributed by atoms with Crippen molar-refractivity contribution in [2.75, 3.05) is 34.9 Å². The molecule has 0 spiro atoms. The summed E-state index contributed by atoms with van der Waals surface area (Å²) in [5.74, 6) is 6.55. The van der Waals surface area contributed by atoms with Gasteiger partial charge in [0.15, 0.2) is 0 Å². The van der Waals surface area contributed by atoms with Gasteiger partial charge in [0, 0.05) is 36.2 Å². The Labute approximate surface area is 508 Å². The summed E-state index contributed by atoms with van der Waals surface area (Å²) in [7, 11) is 2.67. The second-order valence-electron chi connectivity index (χ2n) is 22.7. The lowest BCUT2D eigenvalue weighted by Crippen LogP contribution is -2.58. The molecule has 0 aliphatic carbocycles. The van der Waals surface area contributed by atoms with Crippen LogP contribution in [0.3, 0.4) is 0 Å². The van der Waals surface area contributed by atoms with E-state index in [1.807, 2.05) is 118 Å². The Balaban J connectivity index is 0.000000321. The van der Waals surface area contributed by atoms with E-state index in [9.17, 15) is 57.5 Å². The first kappa shape index (κ1) is 72.4. The lowest BCUT2D eigenvalue weighted by Gasteiger charge is -2.34. The zero-order chi connectivity index (χ0) is 66.3. The maximum absolute atomic E-state index is 13.7. The molecule has 0 unspecified atom stereocenters. The third-order valence-electron chi connectivity index (χ3n) is 17.1. The summed E-state index contributed by atoms with van der Waals surface area (Å²) in [4.78, 5) is 11.6. The highest BCUT2D eigenvalue weighted by Gasteiger charge is 2.73. The average Bonchev–Trinajstić information content (AvgIpc) is 3.19. The number of esters is 1. The highest BCUT2D eigenvalue weighted by molar-refractivity contribution is 6.62. The van der Waals surface area contributed by atoms with Crippen molar-refractivity contribution in [3.8, 4) is 34.8 Å². The van der Waals surface area contributed by atoms with Crippen molar-refractivity contribution >= 4 is 18.6 Å². The van der Waals surface area contributed by atoms with E-state index in [2.05, 4.69) is 42.9 Å². The molecule has 88 heavy (non-hydrogen) atoms. The van der Waals surface area contributed by atoms with Gasteiger partial charge in [-0.3, -0.25) is 4.79 Å². The highest BCUT2D eigenvalue weighted by atomic mass is 19.4. The van der Waals surface area contributed by atoms with Crippen LogP contribution < -0.4 is 5.46 Å². The van der Waals surface area contributed by atoms with Crippen LogP contribution in [-0.2, 0) is 55.0 Å². The van der Waals surface area contributed by atoms with E-state index < -0.39 is 78.6 Å². The molecule has 0 amide bonds. The average molecular weight is 1250 g/mol. The Morgan fingerprint density at radius 2 is 0.841 bits per heavy atom. The summed E-state index contributed by atoms with van der Waals surface area (Å²) in [6.07, 6.45) is -20.5. The largest absolute Gasteiger partial charge is 0.495 e. The van der Waals surface area contributed by atoms with Gasteiger partial charge in [0.1, 0.15) is 13.6 Å². The predicted octanol–water partition coefficient (Wildman–Crippen LogP) is 16.2. The number of rotatable bonds is 18. The molecular formula is C67H75BF12O8. The molecule has 0 radical (unpaired) electrons. The van der Waals surface area contributed by atoms with Gasteiger partial charge < -0.3 is 33.0 Å². The molecule has 0 N–H and O–H groups in total. The van der Waals surface area contributed by atoms with Gasteiger partial charge in [-0.2, -0.15) is 52.7 Å². The van der Waals surface area contributed by atoms with Gasteiger partial charge >= 0.3 is 49.0 Å². The highest BCUT2D eigenvalue weighted by Crippen LogP contribution is 2.48. The number of alkyl halides is 12. The number of ether oxygens (including phenoxy) is 5. The fraction of sp³-hybridized carbons (Fsp3) is 0.478. The van der Waals surface area contributed by atoms with Gasteiger partial charge in [-0.05, 0) is 166 Å². The van der Waals surface area contributed by atoms with Gasteiger partial charge in [-0.25, -0.2) is 0 Å². The number of hydrogen-bond acceptors (Lipinski definition) is 8. The molecule has 1 aliphatic rings. The van der Waals surface area contributed by atoms with E-state index in [0.717, 1.165) is 69.8 Å². The van der Waals surface area contributed by atoms with Crippen LogP contribution in [0.5, 0.6) is 0 Å². The number of carbonyl (C=O) groups excluding carboxylic acids is 1. The van der Waals surface area contributed by atoms with Gasteiger partial charge in [0.05, 0.1) is 24.7 Å². The molecular weight excluding hydrogens is 1170 g/mol. The van der Waals surface area contributed by atoms with Crippen LogP contribution in [0.25, 0.3) is 11.1 Å². The van der Waals surface area contributed by atoms with E-state index >= 15 is 0 Å². The molecule has 0 aromatic heterocycles. The fourth-order valence-corrected chi connectivity index (χ4v) is 10.8. The SMILES string of the molecule is CCC(CC)(c1ccc(C#CC(OCOC)(C(F)(F)F)C(F)(F)F)c(C)c1)c1ccc(-c2ccc(CC(=O)OC)cc2)c(C)c1.CCC(CC)(c1ccc(C#CC(OCOC)(C(F)(F)F)C(F)(F)F)c(C)c1)c1ccc(B2OC(C)(C)C(C)(C)O2)c(C)c1. The minimum atomic E-state index is -5.86. The van der Waals surface area contributed by atoms with E-state index in [0.29, 0.717) is 36.8 Å². The van der Waals surface area contributed by atoms with E-state index in [1.165, 1.54) is 31.1 Å². The molecule has 1 saturated heterocycles. The Kier molecular flexibility index (Phi) is 22.9. The Hall–Kier alpha value is -6.33. The number of benzene rings is 5. The minimum Gasteiger partial charge on any atom is -0.469 e. The number of halogens is 12. The van der Waals surface area contributed by atoms with Gasteiger partial charge in [0.2, 0.25) is 0 Å². The van der Waals surface area contributed by atoms with Crippen LogP contribution in [0.1, 0.15) is 142 Å². The molecule has 5 aromatic carbocycles. The second kappa shape index (κ2) is 27.8. The van der Waals surface area contributed by atoms with Crippen molar-refractivity contribution in [3.05, 3.63) is 158 Å². The normalized spacial score (nSPS) is 14.7. The number of methoxy groups -OCH3 is 3. The van der Waals surface area contributed by atoms with Crippen LogP contribution >= 0.6 is 0 Å². The van der Waals surface area contributed by atoms with Crippen molar-refractivity contribution in [3.63, 3.8) is 0 Å². The zero-order valence-corrected chi connectivity index (χ0v) is 52.1. The number of carbonyl (C=O) groups is 1. The monoisotopic (exact) mass is 1250 g/mol. The third-order valence-corrected chi connectivity index (χ3v) is 17.1. The van der Waals surface area contributed by atoms with E-state index in [1.54, 1.807) is 38.1 Å². The quantitative estimate of drug-likeness (QED) is 0.0282. The molecule has 1 heterocycles. The Bertz CT molecular complexity index is 3310. The summed E-state index contributed by atoms with van der Waals surface area (Å²) < 4.78 is 199. The summed E-state index contributed by atoms with van der Waals surface area (Å²) in [5.41, 5.74) is -0.908. The molecule has 5 aromatic rings.